The van der Waals surface area contributed by atoms with Gasteiger partial charge in [-0.15, -0.1) is 0 Å². The van der Waals surface area contributed by atoms with Gasteiger partial charge in [-0.2, -0.15) is 0 Å². The van der Waals surface area contributed by atoms with Gasteiger partial charge in [-0.25, -0.2) is 4.39 Å². The lowest BCUT2D eigenvalue weighted by Gasteiger charge is -2.19. The largest absolute Gasteiger partial charge is 0.494 e. The van der Waals surface area contributed by atoms with Crippen LogP contribution in [0.25, 0.3) is 0 Å². The van der Waals surface area contributed by atoms with Gasteiger partial charge >= 0.3 is 0 Å². The van der Waals surface area contributed by atoms with Crippen molar-refractivity contribution in [2.75, 3.05) is 7.11 Å². The van der Waals surface area contributed by atoms with E-state index in [1.807, 2.05) is 38.1 Å². The fraction of sp³-hybridized carbons (Fsp3) is 0.278. The van der Waals surface area contributed by atoms with Crippen molar-refractivity contribution in [1.82, 2.24) is 5.32 Å². The number of hydrogen-bond acceptors (Lipinski definition) is 2. The van der Waals surface area contributed by atoms with Gasteiger partial charge in [0, 0.05) is 5.56 Å². The fourth-order valence-corrected chi connectivity index (χ4v) is 2.43. The van der Waals surface area contributed by atoms with E-state index in [1.165, 1.54) is 19.2 Å². The normalized spacial score (nSPS) is 11.8. The molecule has 0 spiro atoms. The number of amides is 1. The van der Waals surface area contributed by atoms with Gasteiger partial charge in [-0.1, -0.05) is 31.2 Å². The van der Waals surface area contributed by atoms with Gasteiger partial charge in [0.15, 0.2) is 11.6 Å². The van der Waals surface area contributed by atoms with E-state index in [-0.39, 0.29) is 23.3 Å². The Morgan fingerprint density at radius 2 is 2.00 bits per heavy atom. The van der Waals surface area contributed by atoms with Crippen LogP contribution in [0.5, 0.6) is 5.75 Å². The standard InChI is InChI=1S/C18H20FNO2/c1-4-16(14-8-6-5-7-12(14)2)20-18(21)13-9-10-17(22-3)15(19)11-13/h5-11,16H,4H2,1-3H3,(H,20,21)/t16-/m0/s1. The summed E-state index contributed by atoms with van der Waals surface area (Å²) in [6.07, 6.45) is 0.759. The molecule has 2 rings (SSSR count). The summed E-state index contributed by atoms with van der Waals surface area (Å²) in [6, 6.07) is 12.0. The molecule has 116 valence electrons. The number of aryl methyl sites for hydroxylation is 1. The molecule has 3 nitrogen and oxygen atoms in total. The van der Waals surface area contributed by atoms with Crippen LogP contribution in [-0.2, 0) is 0 Å². The number of halogens is 1. The van der Waals surface area contributed by atoms with Crippen LogP contribution >= 0.6 is 0 Å². The monoisotopic (exact) mass is 301 g/mol. The van der Waals surface area contributed by atoms with Crippen molar-refractivity contribution in [3.05, 3.63) is 65.0 Å². The minimum atomic E-state index is -0.543. The number of rotatable bonds is 5. The zero-order valence-electron chi connectivity index (χ0n) is 13.0. The summed E-state index contributed by atoms with van der Waals surface area (Å²) in [6.45, 7) is 4.02. The van der Waals surface area contributed by atoms with Crippen molar-refractivity contribution < 1.29 is 13.9 Å². The van der Waals surface area contributed by atoms with E-state index in [4.69, 9.17) is 4.74 Å². The molecule has 0 aromatic heterocycles. The van der Waals surface area contributed by atoms with Crippen LogP contribution in [0.2, 0.25) is 0 Å². The third kappa shape index (κ3) is 3.45. The Morgan fingerprint density at radius 3 is 2.59 bits per heavy atom. The maximum Gasteiger partial charge on any atom is 0.251 e. The molecule has 1 N–H and O–H groups in total. The maximum absolute atomic E-state index is 13.7. The first-order valence-corrected chi connectivity index (χ1v) is 7.26. The number of carbonyl (C=O) groups is 1. The minimum Gasteiger partial charge on any atom is -0.494 e. The van der Waals surface area contributed by atoms with Crippen LogP contribution in [0.1, 0.15) is 40.9 Å². The second kappa shape index (κ2) is 7.07. The summed E-state index contributed by atoms with van der Waals surface area (Å²) in [5.74, 6) is -0.710. The molecule has 0 aliphatic heterocycles. The summed E-state index contributed by atoms with van der Waals surface area (Å²) in [5.41, 5.74) is 2.48. The Balaban J connectivity index is 2.19. The molecule has 4 heteroatoms. The van der Waals surface area contributed by atoms with E-state index in [9.17, 15) is 9.18 Å². The molecule has 0 aliphatic carbocycles. The second-order valence-corrected chi connectivity index (χ2v) is 5.14. The van der Waals surface area contributed by atoms with Crippen molar-refractivity contribution in [2.24, 2.45) is 0 Å². The molecule has 0 heterocycles. The Kier molecular flexibility index (Phi) is 5.15. The molecular formula is C18H20FNO2. The lowest BCUT2D eigenvalue weighted by atomic mass is 9.99. The van der Waals surface area contributed by atoms with E-state index >= 15 is 0 Å². The molecular weight excluding hydrogens is 281 g/mol. The summed E-state index contributed by atoms with van der Waals surface area (Å²) >= 11 is 0. The van der Waals surface area contributed by atoms with Crippen molar-refractivity contribution in [3.8, 4) is 5.75 Å². The Morgan fingerprint density at radius 1 is 1.27 bits per heavy atom. The molecule has 0 unspecified atom stereocenters. The fourth-order valence-electron chi connectivity index (χ4n) is 2.43. The molecule has 1 amide bonds. The zero-order chi connectivity index (χ0) is 16.1. The number of hydrogen-bond donors (Lipinski definition) is 1. The van der Waals surface area contributed by atoms with Gasteiger partial charge in [0.1, 0.15) is 0 Å². The molecule has 1 atom stereocenters. The van der Waals surface area contributed by atoms with Crippen molar-refractivity contribution in [2.45, 2.75) is 26.3 Å². The molecule has 22 heavy (non-hydrogen) atoms. The number of methoxy groups -OCH3 is 1. The second-order valence-electron chi connectivity index (χ2n) is 5.14. The summed E-state index contributed by atoms with van der Waals surface area (Å²) in [5, 5.41) is 2.96. The van der Waals surface area contributed by atoms with Gasteiger partial charge in [0.05, 0.1) is 13.2 Å². The van der Waals surface area contributed by atoms with Crippen LogP contribution in [0.3, 0.4) is 0 Å². The summed E-state index contributed by atoms with van der Waals surface area (Å²) in [4.78, 5) is 12.3. The predicted molar refractivity (Wildman–Crippen MR) is 84.6 cm³/mol. The third-order valence-corrected chi connectivity index (χ3v) is 3.69. The molecule has 0 bridgehead atoms. The van der Waals surface area contributed by atoms with E-state index in [2.05, 4.69) is 5.32 Å². The highest BCUT2D eigenvalue weighted by Crippen LogP contribution is 2.22. The van der Waals surface area contributed by atoms with E-state index in [0.29, 0.717) is 0 Å². The first kappa shape index (κ1) is 16.0. The van der Waals surface area contributed by atoms with Crippen molar-refractivity contribution in [1.29, 1.82) is 0 Å². The van der Waals surface area contributed by atoms with E-state index in [0.717, 1.165) is 17.5 Å². The van der Waals surface area contributed by atoms with Gasteiger partial charge in [0.2, 0.25) is 0 Å². The Bertz CT molecular complexity index is 670. The topological polar surface area (TPSA) is 38.3 Å². The summed E-state index contributed by atoms with van der Waals surface area (Å²) in [7, 11) is 1.39. The third-order valence-electron chi connectivity index (χ3n) is 3.69. The Hall–Kier alpha value is -2.36. The molecule has 0 saturated heterocycles. The molecule has 2 aromatic carbocycles. The number of nitrogens with one attached hydrogen (secondary N) is 1. The quantitative estimate of drug-likeness (QED) is 0.905. The highest BCUT2D eigenvalue weighted by atomic mass is 19.1. The van der Waals surface area contributed by atoms with Gasteiger partial charge < -0.3 is 10.1 Å². The minimum absolute atomic E-state index is 0.0983. The van der Waals surface area contributed by atoms with Crippen LogP contribution < -0.4 is 10.1 Å². The molecule has 0 saturated carbocycles. The molecule has 0 aliphatic rings. The predicted octanol–water partition coefficient (Wildman–Crippen LogP) is 4.02. The van der Waals surface area contributed by atoms with E-state index < -0.39 is 5.82 Å². The smallest absolute Gasteiger partial charge is 0.251 e. The van der Waals surface area contributed by atoms with Crippen LogP contribution in [0.15, 0.2) is 42.5 Å². The molecule has 2 aromatic rings. The first-order valence-electron chi connectivity index (χ1n) is 7.26. The SMILES string of the molecule is CC[C@H](NC(=O)c1ccc(OC)c(F)c1)c1ccccc1C. The first-order chi connectivity index (χ1) is 10.6. The highest BCUT2D eigenvalue weighted by Gasteiger charge is 2.16. The van der Waals surface area contributed by atoms with Crippen LogP contribution in [0, 0.1) is 12.7 Å². The number of ether oxygens (including phenoxy) is 1. The summed E-state index contributed by atoms with van der Waals surface area (Å²) < 4.78 is 18.6. The highest BCUT2D eigenvalue weighted by molar-refractivity contribution is 5.94. The maximum atomic E-state index is 13.7. The van der Waals surface area contributed by atoms with Crippen molar-refractivity contribution in [3.63, 3.8) is 0 Å². The number of benzene rings is 2. The van der Waals surface area contributed by atoms with Gasteiger partial charge in [-0.3, -0.25) is 4.79 Å². The van der Waals surface area contributed by atoms with E-state index in [1.54, 1.807) is 6.07 Å². The van der Waals surface area contributed by atoms with Crippen molar-refractivity contribution >= 4 is 5.91 Å². The average Bonchev–Trinajstić information content (AvgIpc) is 2.53. The van der Waals surface area contributed by atoms with Gasteiger partial charge in [0.25, 0.3) is 5.91 Å². The number of carbonyl (C=O) groups excluding carboxylic acids is 1. The van der Waals surface area contributed by atoms with Gasteiger partial charge in [-0.05, 0) is 42.7 Å². The zero-order valence-corrected chi connectivity index (χ0v) is 13.0. The molecule has 0 fully saturated rings. The lowest BCUT2D eigenvalue weighted by molar-refractivity contribution is 0.0935. The van der Waals surface area contributed by atoms with Crippen LogP contribution in [-0.4, -0.2) is 13.0 Å². The average molecular weight is 301 g/mol. The van der Waals surface area contributed by atoms with Crippen LogP contribution in [0.4, 0.5) is 4.39 Å². The molecule has 0 radical (unpaired) electrons. The Labute approximate surface area is 130 Å². The lowest BCUT2D eigenvalue weighted by Crippen LogP contribution is -2.28.